The third kappa shape index (κ3) is 4.03. The van der Waals surface area contributed by atoms with E-state index in [2.05, 4.69) is 6.92 Å². The molecule has 0 rings (SSSR count). The second-order valence-corrected chi connectivity index (χ2v) is 1.89. The van der Waals surface area contributed by atoms with Crippen molar-refractivity contribution in [2.45, 2.75) is 13.3 Å². The van der Waals surface area contributed by atoms with Crippen molar-refractivity contribution in [3.63, 3.8) is 0 Å². The zero-order valence-electron chi connectivity index (χ0n) is 5.47. The highest BCUT2D eigenvalue weighted by Gasteiger charge is 1.87. The first-order chi connectivity index (χ1) is 4.35. The van der Waals surface area contributed by atoms with Gasteiger partial charge in [0.05, 0.1) is 6.34 Å². The van der Waals surface area contributed by atoms with Gasteiger partial charge < -0.3 is 4.90 Å². The maximum atomic E-state index is 6.86. The molecule has 0 unspecified atom stereocenters. The third-order valence-electron chi connectivity index (χ3n) is 0.895. The topological polar surface area (TPSA) is 27.1 Å². The molecule has 2 nitrogen and oxygen atoms in total. The normalized spacial score (nSPS) is 10.0. The molecule has 0 radical (unpaired) electrons. The van der Waals surface area contributed by atoms with E-state index < -0.39 is 0 Å². The Morgan fingerprint density at radius 2 is 2.33 bits per heavy atom. The highest BCUT2D eigenvalue weighted by molar-refractivity contribution is 6.25. The van der Waals surface area contributed by atoms with Crippen LogP contribution in [0, 0.1) is 5.41 Å². The average molecular weight is 147 g/mol. The van der Waals surface area contributed by atoms with E-state index >= 15 is 0 Å². The molecule has 0 aromatic heterocycles. The number of nitrogens with zero attached hydrogens (tertiary/aromatic N) is 1. The molecule has 0 amide bonds. The van der Waals surface area contributed by atoms with Crippen molar-refractivity contribution in [1.29, 1.82) is 5.41 Å². The zero-order chi connectivity index (χ0) is 7.11. The second-order valence-electron chi connectivity index (χ2n) is 1.64. The summed E-state index contributed by atoms with van der Waals surface area (Å²) >= 11 is 5.29. The van der Waals surface area contributed by atoms with Gasteiger partial charge >= 0.3 is 0 Å². The Morgan fingerprint density at radius 3 is 2.67 bits per heavy atom. The largest absolute Gasteiger partial charge is 0.339 e. The third-order valence-corrected chi connectivity index (χ3v) is 1.01. The molecule has 0 aliphatic rings. The van der Waals surface area contributed by atoms with Crippen molar-refractivity contribution in [1.82, 2.24) is 4.90 Å². The molecule has 0 aromatic carbocycles. The Bertz CT molecular complexity index is 101. The van der Waals surface area contributed by atoms with Gasteiger partial charge in [-0.15, -0.1) is 0 Å². The molecule has 0 saturated carbocycles. The van der Waals surface area contributed by atoms with E-state index in [1.54, 1.807) is 11.1 Å². The Balaban J connectivity index is 3.53. The molecule has 0 aromatic rings. The summed E-state index contributed by atoms with van der Waals surface area (Å²) in [4.78, 5) is 1.72. The first kappa shape index (κ1) is 8.50. The van der Waals surface area contributed by atoms with Crippen molar-refractivity contribution in [3.05, 3.63) is 11.7 Å². The van der Waals surface area contributed by atoms with Crippen molar-refractivity contribution in [3.8, 4) is 0 Å². The molecule has 0 atom stereocenters. The smallest absolute Gasteiger partial charge is 0.0857 e. The van der Waals surface area contributed by atoms with E-state index in [0.717, 1.165) is 13.0 Å². The van der Waals surface area contributed by atoms with Gasteiger partial charge in [-0.3, -0.25) is 5.41 Å². The minimum Gasteiger partial charge on any atom is -0.339 e. The summed E-state index contributed by atoms with van der Waals surface area (Å²) < 4.78 is 0. The van der Waals surface area contributed by atoms with E-state index in [9.17, 15) is 0 Å². The summed E-state index contributed by atoms with van der Waals surface area (Å²) in [6.07, 6.45) is 3.94. The molecule has 0 saturated heterocycles. The van der Waals surface area contributed by atoms with Gasteiger partial charge in [0.25, 0.3) is 0 Å². The van der Waals surface area contributed by atoms with Crippen LogP contribution in [0.15, 0.2) is 11.7 Å². The van der Waals surface area contributed by atoms with Crippen LogP contribution in [0.3, 0.4) is 0 Å². The Hall–Kier alpha value is -0.500. The van der Waals surface area contributed by atoms with Crippen molar-refractivity contribution >= 4 is 17.9 Å². The van der Waals surface area contributed by atoms with Crippen molar-refractivity contribution < 1.29 is 0 Å². The molecule has 0 fully saturated rings. The van der Waals surface area contributed by atoms with Crippen LogP contribution in [0.1, 0.15) is 13.3 Å². The second kappa shape index (κ2) is 5.63. The highest BCUT2D eigenvalue weighted by Crippen LogP contribution is 1.89. The molecule has 0 aliphatic heterocycles. The minimum absolute atomic E-state index is 0.854. The van der Waals surface area contributed by atoms with Crippen molar-refractivity contribution in [2.75, 3.05) is 6.54 Å². The maximum Gasteiger partial charge on any atom is 0.0857 e. The summed E-state index contributed by atoms with van der Waals surface area (Å²) in [5, 5.41) is 6.86. The number of hydrogen-bond donors (Lipinski definition) is 1. The van der Waals surface area contributed by atoms with Crippen LogP contribution < -0.4 is 0 Å². The first-order valence-electron chi connectivity index (χ1n) is 2.88. The molecular weight excluding hydrogens is 136 g/mol. The molecule has 0 heterocycles. The quantitative estimate of drug-likeness (QED) is 0.477. The van der Waals surface area contributed by atoms with E-state index in [1.165, 1.54) is 11.9 Å². The number of hydrogen-bond acceptors (Lipinski definition) is 1. The lowest BCUT2D eigenvalue weighted by molar-refractivity contribution is 0.561. The zero-order valence-corrected chi connectivity index (χ0v) is 6.23. The van der Waals surface area contributed by atoms with Crippen LogP contribution >= 0.6 is 11.6 Å². The van der Waals surface area contributed by atoms with Crippen molar-refractivity contribution in [2.24, 2.45) is 0 Å². The fraction of sp³-hybridized carbons (Fsp3) is 0.500. The summed E-state index contributed by atoms with van der Waals surface area (Å²) in [6.45, 7) is 2.91. The van der Waals surface area contributed by atoms with Crippen LogP contribution in [-0.2, 0) is 0 Å². The van der Waals surface area contributed by atoms with Gasteiger partial charge in [0.15, 0.2) is 0 Å². The predicted octanol–water partition coefficient (Wildman–Crippen LogP) is 2.02. The van der Waals surface area contributed by atoms with Gasteiger partial charge in [0, 0.05) is 18.3 Å². The molecule has 1 N–H and O–H groups in total. The molecule has 0 aliphatic carbocycles. The van der Waals surface area contributed by atoms with E-state index in [0.29, 0.717) is 0 Å². The fourth-order valence-corrected chi connectivity index (χ4v) is 0.657. The Morgan fingerprint density at radius 1 is 1.67 bits per heavy atom. The van der Waals surface area contributed by atoms with Gasteiger partial charge in [-0.25, -0.2) is 0 Å². The first-order valence-corrected chi connectivity index (χ1v) is 3.32. The maximum absolute atomic E-state index is 6.86. The van der Waals surface area contributed by atoms with Gasteiger partial charge in [-0.05, 0) is 6.42 Å². The van der Waals surface area contributed by atoms with Crippen LogP contribution in [-0.4, -0.2) is 17.8 Å². The molecule has 52 valence electrons. The van der Waals surface area contributed by atoms with Gasteiger partial charge in [-0.1, -0.05) is 18.5 Å². The molecule has 9 heavy (non-hydrogen) atoms. The van der Waals surface area contributed by atoms with Gasteiger partial charge in [0.2, 0.25) is 0 Å². The molecule has 3 heteroatoms. The summed E-state index contributed by atoms with van der Waals surface area (Å²) in [7, 11) is 0. The SMILES string of the molecule is CCCN(C=N)/C=C/Cl. The van der Waals surface area contributed by atoms with Crippen LogP contribution in [0.25, 0.3) is 0 Å². The lowest BCUT2D eigenvalue weighted by atomic mass is 10.4. The fourth-order valence-electron chi connectivity index (χ4n) is 0.513. The Kier molecular flexibility index (Phi) is 5.32. The molecule has 0 spiro atoms. The number of rotatable bonds is 4. The van der Waals surface area contributed by atoms with E-state index in [4.69, 9.17) is 17.0 Å². The molecular formula is C6H11ClN2. The van der Waals surface area contributed by atoms with E-state index in [1.807, 2.05) is 0 Å². The average Bonchev–Trinajstić information content (AvgIpc) is 1.88. The highest BCUT2D eigenvalue weighted by atomic mass is 35.5. The molecule has 0 bridgehead atoms. The standard InChI is InChI=1S/C6H11ClN2/c1-2-4-9(6-8)5-3-7/h3,5-6,8H,2,4H2,1H3/b5-3+,8-6?. The lowest BCUT2D eigenvalue weighted by Gasteiger charge is -2.09. The lowest BCUT2D eigenvalue weighted by Crippen LogP contribution is -2.14. The van der Waals surface area contributed by atoms with Crippen LogP contribution in [0.4, 0.5) is 0 Å². The summed E-state index contributed by atoms with van der Waals surface area (Å²) in [5.41, 5.74) is 1.40. The van der Waals surface area contributed by atoms with Gasteiger partial charge in [0.1, 0.15) is 0 Å². The monoisotopic (exact) mass is 146 g/mol. The summed E-state index contributed by atoms with van der Waals surface area (Å²) in [5.74, 6) is 0. The minimum atomic E-state index is 0.854. The van der Waals surface area contributed by atoms with Gasteiger partial charge in [-0.2, -0.15) is 0 Å². The predicted molar refractivity (Wildman–Crippen MR) is 40.8 cm³/mol. The van der Waals surface area contributed by atoms with Crippen LogP contribution in [0.5, 0.6) is 0 Å². The number of nitrogens with one attached hydrogen (secondary N) is 1. The number of halogens is 1. The summed E-state index contributed by atoms with van der Waals surface area (Å²) in [6, 6.07) is 0. The Labute approximate surface area is 60.6 Å². The van der Waals surface area contributed by atoms with E-state index in [-0.39, 0.29) is 0 Å². The van der Waals surface area contributed by atoms with Crippen LogP contribution in [0.2, 0.25) is 0 Å².